The molecule has 0 aliphatic heterocycles. The van der Waals surface area contributed by atoms with E-state index in [0.717, 1.165) is 18.7 Å². The second-order valence-electron chi connectivity index (χ2n) is 6.52. The van der Waals surface area contributed by atoms with Crippen LogP contribution in [-0.2, 0) is 0 Å². The first kappa shape index (κ1) is 16.8. The van der Waals surface area contributed by atoms with Gasteiger partial charge in [-0.25, -0.2) is 0 Å². The Hall–Kier alpha value is -1.28. The monoisotopic (exact) mass is 275 g/mol. The molecule has 2 nitrogen and oxygen atoms in total. The zero-order chi connectivity index (χ0) is 15.2. The summed E-state index contributed by atoms with van der Waals surface area (Å²) in [5.41, 5.74) is 2.65. The third-order valence-electron chi connectivity index (χ3n) is 2.92. The van der Waals surface area contributed by atoms with Gasteiger partial charge in [0.05, 0.1) is 6.10 Å². The summed E-state index contributed by atoms with van der Waals surface area (Å²) >= 11 is 0. The first-order valence-electron chi connectivity index (χ1n) is 7.47. The summed E-state index contributed by atoms with van der Waals surface area (Å²) in [5, 5.41) is 3.50. The van der Waals surface area contributed by atoms with Gasteiger partial charge >= 0.3 is 0 Å². The lowest BCUT2D eigenvalue weighted by molar-refractivity contribution is 0.242. The molecular weight excluding hydrogens is 246 g/mol. The molecule has 0 aromatic heterocycles. The second kappa shape index (κ2) is 7.49. The summed E-state index contributed by atoms with van der Waals surface area (Å²) in [6.07, 6.45) is 3.51. The molecule has 112 valence electrons. The number of benzene rings is 1. The predicted molar refractivity (Wildman–Crippen MR) is 88.2 cm³/mol. The summed E-state index contributed by atoms with van der Waals surface area (Å²) in [4.78, 5) is 0. The molecule has 0 spiro atoms. The molecule has 1 N–H and O–H groups in total. The van der Waals surface area contributed by atoms with Gasteiger partial charge in [0, 0.05) is 11.1 Å². The molecule has 20 heavy (non-hydrogen) atoms. The second-order valence-corrected chi connectivity index (χ2v) is 6.52. The molecule has 0 radical (unpaired) electrons. The van der Waals surface area contributed by atoms with E-state index in [1.165, 1.54) is 11.1 Å². The lowest BCUT2D eigenvalue weighted by atomic mass is 10.0. The Bertz CT molecular complexity index is 441. The van der Waals surface area contributed by atoms with Crippen molar-refractivity contribution in [2.45, 2.75) is 59.6 Å². The van der Waals surface area contributed by atoms with Crippen LogP contribution in [0, 0.1) is 0 Å². The van der Waals surface area contributed by atoms with Gasteiger partial charge in [0.15, 0.2) is 0 Å². The van der Waals surface area contributed by atoms with Gasteiger partial charge < -0.3 is 10.1 Å². The van der Waals surface area contributed by atoms with Crippen LogP contribution in [0.4, 0.5) is 0 Å². The number of hydrogen-bond acceptors (Lipinski definition) is 2. The molecule has 0 saturated heterocycles. The van der Waals surface area contributed by atoms with Crippen LogP contribution in [0.2, 0.25) is 0 Å². The SMILES string of the molecule is C/C(=C\CCNC(C)(C)C)c1ccccc1OC(C)C. The molecule has 0 amide bonds. The Labute approximate surface area is 124 Å². The van der Waals surface area contributed by atoms with Crippen molar-refractivity contribution < 1.29 is 4.74 Å². The Balaban J connectivity index is 2.69. The molecule has 0 aliphatic rings. The van der Waals surface area contributed by atoms with Crippen LogP contribution >= 0.6 is 0 Å². The van der Waals surface area contributed by atoms with E-state index >= 15 is 0 Å². The first-order chi connectivity index (χ1) is 9.29. The highest BCUT2D eigenvalue weighted by Gasteiger charge is 2.08. The van der Waals surface area contributed by atoms with E-state index in [9.17, 15) is 0 Å². The molecule has 1 aromatic carbocycles. The topological polar surface area (TPSA) is 21.3 Å². The molecule has 0 atom stereocenters. The van der Waals surface area contributed by atoms with Crippen molar-refractivity contribution in [2.24, 2.45) is 0 Å². The number of hydrogen-bond donors (Lipinski definition) is 1. The first-order valence-corrected chi connectivity index (χ1v) is 7.47. The minimum Gasteiger partial charge on any atom is -0.490 e. The van der Waals surface area contributed by atoms with E-state index < -0.39 is 0 Å². The van der Waals surface area contributed by atoms with Crippen LogP contribution in [-0.4, -0.2) is 18.2 Å². The van der Waals surface area contributed by atoms with Gasteiger partial charge in [-0.3, -0.25) is 0 Å². The minimum atomic E-state index is 0.181. The fourth-order valence-corrected chi connectivity index (χ4v) is 1.99. The van der Waals surface area contributed by atoms with Gasteiger partial charge in [-0.15, -0.1) is 0 Å². The van der Waals surface area contributed by atoms with Gasteiger partial charge in [0.1, 0.15) is 5.75 Å². The summed E-state index contributed by atoms with van der Waals surface area (Å²) in [6, 6.07) is 8.25. The van der Waals surface area contributed by atoms with Crippen LogP contribution in [0.3, 0.4) is 0 Å². The van der Waals surface area contributed by atoms with Crippen LogP contribution in [0.15, 0.2) is 30.3 Å². The highest BCUT2D eigenvalue weighted by atomic mass is 16.5. The number of para-hydroxylation sites is 1. The fourth-order valence-electron chi connectivity index (χ4n) is 1.99. The van der Waals surface area contributed by atoms with Crippen LogP contribution in [0.25, 0.3) is 5.57 Å². The summed E-state index contributed by atoms with van der Waals surface area (Å²) in [5.74, 6) is 0.972. The Morgan fingerprint density at radius 2 is 1.90 bits per heavy atom. The van der Waals surface area contributed by atoms with Gasteiger partial charge in [-0.05, 0) is 66.1 Å². The summed E-state index contributed by atoms with van der Waals surface area (Å²) in [6.45, 7) is 13.8. The molecule has 0 fully saturated rings. The fraction of sp³-hybridized carbons (Fsp3) is 0.556. The smallest absolute Gasteiger partial charge is 0.127 e. The van der Waals surface area contributed by atoms with Gasteiger partial charge in [-0.1, -0.05) is 24.3 Å². The van der Waals surface area contributed by atoms with Crippen LogP contribution in [0.1, 0.15) is 53.5 Å². The third-order valence-corrected chi connectivity index (χ3v) is 2.92. The van der Waals surface area contributed by atoms with E-state index in [-0.39, 0.29) is 11.6 Å². The minimum absolute atomic E-state index is 0.181. The Morgan fingerprint density at radius 3 is 2.50 bits per heavy atom. The lowest BCUT2D eigenvalue weighted by Gasteiger charge is -2.20. The third kappa shape index (κ3) is 6.25. The number of ether oxygens (including phenoxy) is 1. The number of rotatable bonds is 6. The molecule has 0 aliphatic carbocycles. The average molecular weight is 275 g/mol. The van der Waals surface area contributed by atoms with Crippen LogP contribution < -0.4 is 10.1 Å². The molecule has 1 rings (SSSR count). The quantitative estimate of drug-likeness (QED) is 0.763. The Morgan fingerprint density at radius 1 is 1.25 bits per heavy atom. The van der Waals surface area contributed by atoms with Crippen molar-refractivity contribution >= 4 is 5.57 Å². The zero-order valence-corrected chi connectivity index (χ0v) is 13.8. The van der Waals surface area contributed by atoms with Gasteiger partial charge in [0.2, 0.25) is 0 Å². The molecule has 1 aromatic rings. The van der Waals surface area contributed by atoms with E-state index in [1.54, 1.807) is 0 Å². The lowest BCUT2D eigenvalue weighted by Crippen LogP contribution is -2.36. The average Bonchev–Trinajstić information content (AvgIpc) is 2.33. The van der Waals surface area contributed by atoms with Crippen molar-refractivity contribution in [3.63, 3.8) is 0 Å². The maximum absolute atomic E-state index is 5.87. The molecule has 2 heteroatoms. The molecule has 0 heterocycles. The molecule has 0 unspecified atom stereocenters. The van der Waals surface area contributed by atoms with Crippen molar-refractivity contribution in [3.05, 3.63) is 35.9 Å². The maximum atomic E-state index is 5.87. The van der Waals surface area contributed by atoms with Gasteiger partial charge in [-0.2, -0.15) is 0 Å². The Kier molecular flexibility index (Phi) is 6.28. The van der Waals surface area contributed by atoms with Crippen molar-refractivity contribution in [1.82, 2.24) is 5.32 Å². The highest BCUT2D eigenvalue weighted by Crippen LogP contribution is 2.26. The summed E-state index contributed by atoms with van der Waals surface area (Å²) in [7, 11) is 0. The van der Waals surface area contributed by atoms with Crippen molar-refractivity contribution in [2.75, 3.05) is 6.54 Å². The normalized spacial score (nSPS) is 12.8. The standard InChI is InChI=1S/C18H29NO/c1-14(2)20-17-12-8-7-11-16(17)15(3)10-9-13-19-18(4,5)6/h7-8,10-12,14,19H,9,13H2,1-6H3/b15-10+. The van der Waals surface area contributed by atoms with E-state index in [2.05, 4.69) is 65.1 Å². The highest BCUT2D eigenvalue weighted by molar-refractivity contribution is 5.68. The van der Waals surface area contributed by atoms with E-state index in [4.69, 9.17) is 4.74 Å². The molecular formula is C18H29NO. The zero-order valence-electron chi connectivity index (χ0n) is 13.8. The van der Waals surface area contributed by atoms with Crippen molar-refractivity contribution in [1.29, 1.82) is 0 Å². The number of nitrogens with one attached hydrogen (secondary N) is 1. The maximum Gasteiger partial charge on any atom is 0.127 e. The molecule has 0 bridgehead atoms. The van der Waals surface area contributed by atoms with E-state index in [0.29, 0.717) is 0 Å². The van der Waals surface area contributed by atoms with Crippen molar-refractivity contribution in [3.8, 4) is 5.75 Å². The van der Waals surface area contributed by atoms with Crippen LogP contribution in [0.5, 0.6) is 5.75 Å². The largest absolute Gasteiger partial charge is 0.490 e. The summed E-state index contributed by atoms with van der Waals surface area (Å²) < 4.78 is 5.87. The van der Waals surface area contributed by atoms with E-state index in [1.807, 2.05) is 12.1 Å². The predicted octanol–water partition coefficient (Wildman–Crippen LogP) is 4.66. The number of allylic oxidation sites excluding steroid dienone is 1. The molecule has 0 saturated carbocycles. The van der Waals surface area contributed by atoms with Gasteiger partial charge in [0.25, 0.3) is 0 Å².